The molecule has 0 bridgehead atoms. The lowest BCUT2D eigenvalue weighted by Gasteiger charge is -2.37. The molecule has 2 rings (SSSR count). The van der Waals surface area contributed by atoms with Crippen LogP contribution < -0.4 is 5.73 Å². The van der Waals surface area contributed by atoms with Gasteiger partial charge in [-0.3, -0.25) is 0 Å². The first-order valence-electron chi connectivity index (χ1n) is 8.05. The monoisotopic (exact) mass is 340 g/mol. The van der Waals surface area contributed by atoms with E-state index in [1.165, 1.54) is 4.31 Å². The van der Waals surface area contributed by atoms with E-state index < -0.39 is 10.0 Å². The summed E-state index contributed by atoms with van der Waals surface area (Å²) in [6.45, 7) is 7.08. The zero-order chi connectivity index (χ0) is 17.3. The van der Waals surface area contributed by atoms with Gasteiger partial charge in [-0.2, -0.15) is 4.31 Å². The molecule has 1 fully saturated rings. The first-order valence-corrected chi connectivity index (χ1v) is 9.49. The topological polar surface area (TPSA) is 72.6 Å². The number of sulfonamides is 1. The minimum Gasteiger partial charge on any atom is -0.381 e. The van der Waals surface area contributed by atoms with E-state index in [4.69, 9.17) is 10.5 Å². The Morgan fingerprint density at radius 3 is 2.35 bits per heavy atom. The minimum atomic E-state index is -3.52. The molecule has 5 nitrogen and oxygen atoms in total. The van der Waals surface area contributed by atoms with Gasteiger partial charge in [0.05, 0.1) is 11.0 Å². The molecule has 1 heterocycles. The molecule has 2 atom stereocenters. The van der Waals surface area contributed by atoms with Gasteiger partial charge < -0.3 is 10.5 Å². The highest BCUT2D eigenvalue weighted by Gasteiger charge is 2.36. The Morgan fingerprint density at radius 2 is 1.87 bits per heavy atom. The molecule has 0 aliphatic carbocycles. The molecule has 1 aliphatic heterocycles. The Bertz CT molecular complexity index is 620. The maximum atomic E-state index is 12.9. The number of methoxy groups -OCH3 is 1. The van der Waals surface area contributed by atoms with Crippen LogP contribution in [0, 0.1) is 0 Å². The summed E-state index contributed by atoms with van der Waals surface area (Å²) >= 11 is 0. The summed E-state index contributed by atoms with van der Waals surface area (Å²) in [5.74, 6) is 0. The van der Waals surface area contributed by atoms with Gasteiger partial charge in [0.25, 0.3) is 0 Å². The van der Waals surface area contributed by atoms with E-state index in [2.05, 4.69) is 20.8 Å². The quantitative estimate of drug-likeness (QED) is 0.911. The van der Waals surface area contributed by atoms with E-state index in [1.807, 2.05) is 12.1 Å². The van der Waals surface area contributed by atoms with Crippen molar-refractivity contribution in [3.63, 3.8) is 0 Å². The van der Waals surface area contributed by atoms with Gasteiger partial charge in [-0.15, -0.1) is 0 Å². The second-order valence-electron chi connectivity index (χ2n) is 7.16. The van der Waals surface area contributed by atoms with Gasteiger partial charge in [-0.1, -0.05) is 32.9 Å². The molecule has 1 saturated heterocycles. The molecule has 1 aromatic carbocycles. The van der Waals surface area contributed by atoms with Crippen LogP contribution in [0.3, 0.4) is 0 Å². The summed E-state index contributed by atoms with van der Waals surface area (Å²) in [7, 11) is -1.86. The van der Waals surface area contributed by atoms with Crippen molar-refractivity contribution in [3.05, 3.63) is 29.8 Å². The van der Waals surface area contributed by atoms with Crippen molar-refractivity contribution >= 4 is 10.0 Å². The molecule has 0 spiro atoms. The molecule has 23 heavy (non-hydrogen) atoms. The van der Waals surface area contributed by atoms with Crippen LogP contribution in [0.5, 0.6) is 0 Å². The van der Waals surface area contributed by atoms with Gasteiger partial charge in [-0.25, -0.2) is 8.42 Å². The maximum Gasteiger partial charge on any atom is 0.243 e. The summed E-state index contributed by atoms with van der Waals surface area (Å²) in [6.07, 6.45) is 1.43. The number of hydrogen-bond acceptors (Lipinski definition) is 4. The van der Waals surface area contributed by atoms with E-state index in [-0.39, 0.29) is 17.6 Å². The summed E-state index contributed by atoms with van der Waals surface area (Å²) in [4.78, 5) is 0.333. The van der Waals surface area contributed by atoms with Crippen molar-refractivity contribution in [1.82, 2.24) is 4.31 Å². The predicted octanol–water partition coefficient (Wildman–Crippen LogP) is 2.11. The lowest BCUT2D eigenvalue weighted by molar-refractivity contribution is 0.0401. The maximum absolute atomic E-state index is 12.9. The predicted molar refractivity (Wildman–Crippen MR) is 91.9 cm³/mol. The molecule has 1 aromatic rings. The minimum absolute atomic E-state index is 0.00110. The summed E-state index contributed by atoms with van der Waals surface area (Å²) in [5, 5.41) is 0. The zero-order valence-electron chi connectivity index (χ0n) is 14.5. The van der Waals surface area contributed by atoms with Gasteiger partial charge in [-0.05, 0) is 36.0 Å². The molecule has 2 N–H and O–H groups in total. The van der Waals surface area contributed by atoms with Crippen LogP contribution in [0.1, 0.15) is 39.2 Å². The van der Waals surface area contributed by atoms with Gasteiger partial charge >= 0.3 is 0 Å². The van der Waals surface area contributed by atoms with Gasteiger partial charge in [0.1, 0.15) is 0 Å². The average molecular weight is 340 g/mol. The third-order valence-corrected chi connectivity index (χ3v) is 6.51. The summed E-state index contributed by atoms with van der Waals surface area (Å²) < 4.78 is 32.8. The van der Waals surface area contributed by atoms with E-state index in [0.29, 0.717) is 30.8 Å². The number of piperidine rings is 1. The smallest absolute Gasteiger partial charge is 0.243 e. The highest BCUT2D eigenvalue weighted by atomic mass is 32.2. The molecule has 0 saturated carbocycles. The molecular formula is C17H28N2O3S. The van der Waals surface area contributed by atoms with Crippen molar-refractivity contribution in [2.45, 2.75) is 56.1 Å². The second kappa shape index (κ2) is 6.89. The van der Waals surface area contributed by atoms with E-state index >= 15 is 0 Å². The SMILES string of the molecule is COC1CCN(S(=O)(=O)c2ccc(C(C)(C)C)cc2)C(CN)C1. The molecule has 0 radical (unpaired) electrons. The standard InChI is InChI=1S/C17H28N2O3S/c1-17(2,3)13-5-7-16(8-6-13)23(20,21)19-10-9-15(22-4)11-14(19)12-18/h5-8,14-15H,9-12,18H2,1-4H3. The van der Waals surface area contributed by atoms with Gasteiger partial charge in [0, 0.05) is 26.2 Å². The number of nitrogens with two attached hydrogens (primary N) is 1. The number of benzene rings is 1. The van der Waals surface area contributed by atoms with Crippen molar-refractivity contribution in [2.24, 2.45) is 5.73 Å². The summed E-state index contributed by atoms with van der Waals surface area (Å²) in [6, 6.07) is 6.98. The molecule has 6 heteroatoms. The number of nitrogens with zero attached hydrogens (tertiary/aromatic N) is 1. The lowest BCUT2D eigenvalue weighted by atomic mass is 9.87. The third kappa shape index (κ3) is 3.94. The molecule has 1 aliphatic rings. The first kappa shape index (κ1) is 18.4. The van der Waals surface area contributed by atoms with E-state index in [1.54, 1.807) is 19.2 Å². The van der Waals surface area contributed by atoms with E-state index in [9.17, 15) is 8.42 Å². The van der Waals surface area contributed by atoms with E-state index in [0.717, 1.165) is 5.56 Å². The fraction of sp³-hybridized carbons (Fsp3) is 0.647. The van der Waals surface area contributed by atoms with Gasteiger partial charge in [0.2, 0.25) is 10.0 Å². The zero-order valence-corrected chi connectivity index (χ0v) is 15.3. The number of hydrogen-bond donors (Lipinski definition) is 1. The molecular weight excluding hydrogens is 312 g/mol. The van der Waals surface area contributed by atoms with Crippen LogP contribution in [0.15, 0.2) is 29.2 Å². The molecule has 2 unspecified atom stereocenters. The van der Waals surface area contributed by atoms with Crippen molar-refractivity contribution in [3.8, 4) is 0 Å². The van der Waals surface area contributed by atoms with Gasteiger partial charge in [0.15, 0.2) is 0 Å². The lowest BCUT2D eigenvalue weighted by Crippen LogP contribution is -2.51. The van der Waals surface area contributed by atoms with Crippen LogP contribution >= 0.6 is 0 Å². The Labute approximate surface area is 139 Å². The largest absolute Gasteiger partial charge is 0.381 e. The van der Waals surface area contributed by atoms with Crippen molar-refractivity contribution in [2.75, 3.05) is 20.2 Å². The Balaban J connectivity index is 2.27. The fourth-order valence-electron chi connectivity index (χ4n) is 3.00. The fourth-order valence-corrected chi connectivity index (χ4v) is 4.66. The second-order valence-corrected chi connectivity index (χ2v) is 9.05. The molecule has 0 aromatic heterocycles. The van der Waals surface area contributed by atoms with Crippen LogP contribution in [-0.4, -0.2) is 45.1 Å². The first-order chi connectivity index (χ1) is 10.7. The Morgan fingerprint density at radius 1 is 1.26 bits per heavy atom. The highest BCUT2D eigenvalue weighted by Crippen LogP contribution is 2.28. The Hall–Kier alpha value is -0.950. The number of ether oxygens (including phenoxy) is 1. The van der Waals surface area contributed by atoms with Crippen LogP contribution in [0.25, 0.3) is 0 Å². The van der Waals surface area contributed by atoms with Crippen molar-refractivity contribution < 1.29 is 13.2 Å². The highest BCUT2D eigenvalue weighted by molar-refractivity contribution is 7.89. The van der Waals surface area contributed by atoms with Crippen molar-refractivity contribution in [1.29, 1.82) is 0 Å². The Kier molecular flexibility index (Phi) is 5.51. The van der Waals surface area contributed by atoms with Crippen LogP contribution in [0.4, 0.5) is 0 Å². The summed E-state index contributed by atoms with van der Waals surface area (Å²) in [5.41, 5.74) is 6.92. The third-order valence-electron chi connectivity index (χ3n) is 4.55. The normalized spacial score (nSPS) is 23.9. The molecule has 130 valence electrons. The van der Waals surface area contributed by atoms with Crippen LogP contribution in [0.2, 0.25) is 0 Å². The number of rotatable bonds is 4. The molecule has 0 amide bonds. The average Bonchev–Trinajstić information content (AvgIpc) is 2.53. The van der Waals surface area contributed by atoms with Crippen LogP contribution in [-0.2, 0) is 20.2 Å².